The average molecular weight is 502 g/mol. The highest BCUT2D eigenvalue weighted by atomic mass is 19.2. The van der Waals surface area contributed by atoms with Gasteiger partial charge in [-0.25, -0.2) is 19.0 Å². The lowest BCUT2D eigenvalue weighted by Gasteiger charge is -2.41. The first-order chi connectivity index (χ1) is 17.2. The van der Waals surface area contributed by atoms with Crippen LogP contribution in [0.25, 0.3) is 17.5 Å². The number of aromatic nitrogens is 3. The molecule has 36 heavy (non-hydrogen) atoms. The Labute approximate surface area is 204 Å². The number of hydrogen-bond donors (Lipinski definition) is 4. The molecule has 2 heterocycles. The lowest BCUT2D eigenvalue weighted by Crippen LogP contribution is -2.55. The van der Waals surface area contributed by atoms with Crippen LogP contribution in [-0.4, -0.2) is 54.8 Å². The molecule has 1 aliphatic heterocycles. The highest BCUT2D eigenvalue weighted by Crippen LogP contribution is 2.34. The number of nitrogens with zero attached hydrogens (tertiary/aromatic N) is 4. The Kier molecular flexibility index (Phi) is 7.40. The van der Waals surface area contributed by atoms with Gasteiger partial charge in [0.1, 0.15) is 24.6 Å². The van der Waals surface area contributed by atoms with Crippen LogP contribution in [0.5, 0.6) is 0 Å². The van der Waals surface area contributed by atoms with Crippen LogP contribution in [0.1, 0.15) is 29.5 Å². The number of hydrogen-bond acceptors (Lipinski definition) is 8. The summed E-state index contributed by atoms with van der Waals surface area (Å²) >= 11 is 0. The number of halogens is 3. The van der Waals surface area contributed by atoms with Crippen LogP contribution in [0.2, 0.25) is 0 Å². The molecule has 1 aliphatic rings. The first-order valence-corrected chi connectivity index (χ1v) is 11.0. The summed E-state index contributed by atoms with van der Waals surface area (Å²) in [6.45, 7) is 3.30. The average Bonchev–Trinajstić information content (AvgIpc) is 3.36. The molecule has 4 rings (SSSR count). The van der Waals surface area contributed by atoms with Gasteiger partial charge in [-0.3, -0.25) is 4.57 Å². The summed E-state index contributed by atoms with van der Waals surface area (Å²) in [5, 5.41) is 29.9. The van der Waals surface area contributed by atoms with Crippen molar-refractivity contribution in [3.8, 4) is 5.69 Å². The zero-order chi connectivity index (χ0) is 26.0. The molecule has 4 atom stereocenters. The van der Waals surface area contributed by atoms with Crippen molar-refractivity contribution < 1.29 is 28.1 Å². The number of nitrogens with two attached hydrogens (primary N) is 2. The Bertz CT molecular complexity index is 1260. The van der Waals surface area contributed by atoms with E-state index in [-0.39, 0.29) is 17.7 Å². The number of rotatable bonds is 7. The minimum Gasteiger partial charge on any atom is -0.397 e. The molecule has 3 aromatic rings. The maximum absolute atomic E-state index is 13.6. The molecule has 0 aliphatic carbocycles. The molecule has 190 valence electrons. The third-order valence-corrected chi connectivity index (χ3v) is 6.02. The standard InChI is InChI=1S/C24H25F3N6O3/c1-2-13-5-3-4-6-18(13)32-12-30-31-24(32)20-9-19(23(35)21(11-34)36-20)33(29)10-17(28)14-7-15(25)22(27)16(26)8-14/h2-8,10,12,19-21,23,34-35H,1,9,11,28-29H2/b17-10-. The van der Waals surface area contributed by atoms with E-state index in [1.807, 2.05) is 24.3 Å². The lowest BCUT2D eigenvalue weighted by molar-refractivity contribution is -0.165. The number of ether oxygens (including phenoxy) is 1. The van der Waals surface area contributed by atoms with E-state index in [0.29, 0.717) is 5.82 Å². The molecule has 0 spiro atoms. The fraction of sp³-hybridized carbons (Fsp3) is 0.250. The number of hydrazine groups is 1. The van der Waals surface area contributed by atoms with Crippen molar-refractivity contribution in [2.75, 3.05) is 6.61 Å². The minimum atomic E-state index is -1.62. The van der Waals surface area contributed by atoms with Crippen molar-refractivity contribution in [2.24, 2.45) is 11.6 Å². The van der Waals surface area contributed by atoms with Crippen LogP contribution in [0.15, 0.2) is 55.5 Å². The molecule has 1 saturated heterocycles. The van der Waals surface area contributed by atoms with Crippen molar-refractivity contribution >= 4 is 11.8 Å². The molecular weight excluding hydrogens is 477 g/mol. The van der Waals surface area contributed by atoms with E-state index in [4.69, 9.17) is 16.3 Å². The quantitative estimate of drug-likeness (QED) is 0.219. The molecule has 0 bridgehead atoms. The summed E-state index contributed by atoms with van der Waals surface area (Å²) in [7, 11) is 0. The third-order valence-electron chi connectivity index (χ3n) is 6.02. The summed E-state index contributed by atoms with van der Waals surface area (Å²) in [5.41, 5.74) is 7.20. The normalized spacial score (nSPS) is 22.4. The van der Waals surface area contributed by atoms with Crippen LogP contribution < -0.4 is 11.6 Å². The maximum Gasteiger partial charge on any atom is 0.194 e. The smallest absolute Gasteiger partial charge is 0.194 e. The highest BCUT2D eigenvalue weighted by molar-refractivity contribution is 5.62. The lowest BCUT2D eigenvalue weighted by atomic mass is 9.94. The van der Waals surface area contributed by atoms with E-state index in [2.05, 4.69) is 16.8 Å². The fourth-order valence-electron chi connectivity index (χ4n) is 4.15. The molecule has 0 amide bonds. The Hall–Kier alpha value is -3.71. The van der Waals surface area contributed by atoms with Gasteiger partial charge in [0, 0.05) is 18.2 Å². The van der Waals surface area contributed by atoms with E-state index in [0.717, 1.165) is 34.6 Å². The molecule has 12 heteroatoms. The van der Waals surface area contributed by atoms with Gasteiger partial charge in [-0.15, -0.1) is 10.2 Å². The fourth-order valence-corrected chi connectivity index (χ4v) is 4.15. The van der Waals surface area contributed by atoms with Crippen molar-refractivity contribution in [2.45, 2.75) is 30.8 Å². The second-order valence-electron chi connectivity index (χ2n) is 8.25. The predicted molar refractivity (Wildman–Crippen MR) is 125 cm³/mol. The zero-order valence-corrected chi connectivity index (χ0v) is 19.0. The second kappa shape index (κ2) is 10.5. The molecule has 6 N–H and O–H groups in total. The van der Waals surface area contributed by atoms with E-state index in [1.54, 1.807) is 10.6 Å². The molecule has 2 aromatic carbocycles. The van der Waals surface area contributed by atoms with Crippen LogP contribution >= 0.6 is 0 Å². The Morgan fingerprint density at radius 1 is 1.25 bits per heavy atom. The highest BCUT2D eigenvalue weighted by Gasteiger charge is 2.41. The summed E-state index contributed by atoms with van der Waals surface area (Å²) in [4.78, 5) is 0. The Morgan fingerprint density at radius 3 is 2.61 bits per heavy atom. The summed E-state index contributed by atoms with van der Waals surface area (Å²) in [6.07, 6.45) is 1.41. The van der Waals surface area contributed by atoms with E-state index in [1.165, 1.54) is 6.33 Å². The van der Waals surface area contributed by atoms with Crippen LogP contribution in [-0.2, 0) is 4.74 Å². The summed E-state index contributed by atoms with van der Waals surface area (Å²) in [5.74, 6) is 2.14. The van der Waals surface area contributed by atoms with Gasteiger partial charge in [-0.2, -0.15) is 0 Å². The molecular formula is C24H25F3N6O3. The van der Waals surface area contributed by atoms with Gasteiger partial charge in [0.05, 0.1) is 24.0 Å². The SMILES string of the molecule is C=Cc1ccccc1-n1cnnc1C1CC(N(N)/C=C(\N)c2cc(F)c(F)c(F)c2)C(O)C(CO)O1. The van der Waals surface area contributed by atoms with Gasteiger partial charge >= 0.3 is 0 Å². The number of benzene rings is 2. The van der Waals surface area contributed by atoms with Crippen molar-refractivity contribution in [1.82, 2.24) is 19.8 Å². The number of aliphatic hydroxyl groups is 2. The van der Waals surface area contributed by atoms with E-state index >= 15 is 0 Å². The predicted octanol–water partition coefficient (Wildman–Crippen LogP) is 2.01. The molecule has 1 fully saturated rings. The van der Waals surface area contributed by atoms with Gasteiger partial charge < -0.3 is 25.7 Å². The van der Waals surface area contributed by atoms with Crippen LogP contribution in [0, 0.1) is 17.5 Å². The molecule has 4 unspecified atom stereocenters. The molecule has 0 radical (unpaired) electrons. The maximum atomic E-state index is 13.6. The zero-order valence-electron chi connectivity index (χ0n) is 19.0. The molecule has 1 aromatic heterocycles. The van der Waals surface area contributed by atoms with E-state index in [9.17, 15) is 23.4 Å². The topological polar surface area (TPSA) is 136 Å². The summed E-state index contributed by atoms with van der Waals surface area (Å²) in [6, 6.07) is 8.03. The number of para-hydroxylation sites is 1. The van der Waals surface area contributed by atoms with Gasteiger partial charge in [0.15, 0.2) is 23.3 Å². The van der Waals surface area contributed by atoms with Gasteiger partial charge in [0.25, 0.3) is 0 Å². The minimum absolute atomic E-state index is 0.0963. The van der Waals surface area contributed by atoms with Crippen molar-refractivity contribution in [3.63, 3.8) is 0 Å². The monoisotopic (exact) mass is 502 g/mol. The molecule has 0 saturated carbocycles. The van der Waals surface area contributed by atoms with Gasteiger partial charge in [0.2, 0.25) is 0 Å². The Balaban J connectivity index is 1.65. The van der Waals surface area contributed by atoms with Gasteiger partial charge in [-0.1, -0.05) is 30.9 Å². The summed E-state index contributed by atoms with van der Waals surface area (Å²) < 4.78 is 48.2. The largest absolute Gasteiger partial charge is 0.397 e. The Morgan fingerprint density at radius 2 is 1.94 bits per heavy atom. The van der Waals surface area contributed by atoms with E-state index < -0.39 is 48.4 Å². The number of aliphatic hydroxyl groups excluding tert-OH is 2. The first-order valence-electron chi connectivity index (χ1n) is 11.0. The van der Waals surface area contributed by atoms with Crippen LogP contribution in [0.4, 0.5) is 13.2 Å². The second-order valence-corrected chi connectivity index (χ2v) is 8.25. The molecule has 9 nitrogen and oxygen atoms in total. The first kappa shape index (κ1) is 25.4. The van der Waals surface area contributed by atoms with Crippen LogP contribution in [0.3, 0.4) is 0 Å². The van der Waals surface area contributed by atoms with Crippen molar-refractivity contribution in [1.29, 1.82) is 0 Å². The van der Waals surface area contributed by atoms with Gasteiger partial charge in [-0.05, 0) is 23.8 Å². The van der Waals surface area contributed by atoms with Crippen molar-refractivity contribution in [3.05, 3.63) is 89.9 Å². The third kappa shape index (κ3) is 4.84.